The van der Waals surface area contributed by atoms with Gasteiger partial charge >= 0.3 is 0 Å². The zero-order chi connectivity index (χ0) is 12.7. The lowest BCUT2D eigenvalue weighted by molar-refractivity contribution is 0.279. The Balaban J connectivity index is 2.07. The molecule has 0 atom stereocenters. The van der Waals surface area contributed by atoms with E-state index >= 15 is 0 Å². The van der Waals surface area contributed by atoms with E-state index in [-0.39, 0.29) is 0 Å². The van der Waals surface area contributed by atoms with Gasteiger partial charge in [-0.1, -0.05) is 27.7 Å². The number of nitrogens with zero attached hydrogens (tertiary/aromatic N) is 1. The first-order valence-electron chi connectivity index (χ1n) is 7.07. The zero-order valence-electron chi connectivity index (χ0n) is 12.1. The van der Waals surface area contributed by atoms with Crippen molar-refractivity contribution in [3.8, 4) is 0 Å². The highest BCUT2D eigenvalue weighted by Crippen LogP contribution is 2.30. The second kappa shape index (κ2) is 7.65. The van der Waals surface area contributed by atoms with Crippen LogP contribution < -0.4 is 5.32 Å². The maximum Gasteiger partial charge on any atom is 0.0116 e. The Kier molecular flexibility index (Phi) is 6.90. The van der Waals surface area contributed by atoms with Gasteiger partial charge in [-0.15, -0.1) is 0 Å². The summed E-state index contributed by atoms with van der Waals surface area (Å²) in [5.41, 5.74) is 0. The number of nitrogens with one attached hydrogen (secondary N) is 1. The van der Waals surface area contributed by atoms with Crippen LogP contribution in [0.4, 0.5) is 0 Å². The van der Waals surface area contributed by atoms with Crippen LogP contribution in [0.15, 0.2) is 0 Å². The summed E-state index contributed by atoms with van der Waals surface area (Å²) in [5.74, 6) is 2.07. The highest BCUT2D eigenvalue weighted by Gasteiger charge is 2.23. The molecule has 0 aromatic carbocycles. The van der Waals surface area contributed by atoms with Crippen LogP contribution in [0.25, 0.3) is 0 Å². The molecule has 0 spiro atoms. The van der Waals surface area contributed by atoms with E-state index in [1.807, 2.05) is 0 Å². The van der Waals surface area contributed by atoms with E-state index in [0.29, 0.717) is 4.75 Å². The lowest BCUT2D eigenvalue weighted by atomic mass is 10.1. The van der Waals surface area contributed by atoms with Gasteiger partial charge in [-0.25, -0.2) is 0 Å². The SMILES string of the molecule is CC(C)CNCCCN1CCSC(C)(C)CC1. The normalized spacial score (nSPS) is 21.7. The summed E-state index contributed by atoms with van der Waals surface area (Å²) in [6.45, 7) is 15.4. The molecule has 1 aliphatic rings. The van der Waals surface area contributed by atoms with Crippen LogP contribution in [0.2, 0.25) is 0 Å². The fourth-order valence-corrected chi connectivity index (χ4v) is 3.24. The van der Waals surface area contributed by atoms with Crippen molar-refractivity contribution in [2.75, 3.05) is 38.5 Å². The lowest BCUT2D eigenvalue weighted by Gasteiger charge is -2.22. The van der Waals surface area contributed by atoms with Crippen molar-refractivity contribution in [1.82, 2.24) is 10.2 Å². The molecule has 2 nitrogen and oxygen atoms in total. The maximum atomic E-state index is 3.52. The topological polar surface area (TPSA) is 15.3 Å². The highest BCUT2D eigenvalue weighted by molar-refractivity contribution is 8.00. The van der Waals surface area contributed by atoms with Gasteiger partial charge in [0.1, 0.15) is 0 Å². The zero-order valence-corrected chi connectivity index (χ0v) is 12.9. The van der Waals surface area contributed by atoms with Crippen molar-refractivity contribution in [3.63, 3.8) is 0 Å². The van der Waals surface area contributed by atoms with Crippen LogP contribution in [-0.2, 0) is 0 Å². The standard InChI is InChI=1S/C14H30N2S/c1-13(2)12-15-7-5-8-16-9-6-14(3,4)17-11-10-16/h13,15H,5-12H2,1-4H3. The summed E-state index contributed by atoms with van der Waals surface area (Å²) in [7, 11) is 0. The first-order valence-corrected chi connectivity index (χ1v) is 8.05. The van der Waals surface area contributed by atoms with Crippen molar-refractivity contribution in [2.24, 2.45) is 5.92 Å². The second-order valence-corrected chi connectivity index (χ2v) is 7.95. The van der Waals surface area contributed by atoms with Gasteiger partial charge in [0.25, 0.3) is 0 Å². The molecule has 0 bridgehead atoms. The molecule has 0 aromatic rings. The van der Waals surface area contributed by atoms with Crippen LogP contribution in [0, 0.1) is 5.92 Å². The Labute approximate surface area is 112 Å². The van der Waals surface area contributed by atoms with E-state index in [0.717, 1.165) is 12.5 Å². The van der Waals surface area contributed by atoms with Crippen LogP contribution in [0.3, 0.4) is 0 Å². The maximum absolute atomic E-state index is 3.52. The van der Waals surface area contributed by atoms with Gasteiger partial charge in [0.15, 0.2) is 0 Å². The van der Waals surface area contributed by atoms with Gasteiger partial charge < -0.3 is 10.2 Å². The third kappa shape index (κ3) is 7.32. The van der Waals surface area contributed by atoms with Crippen LogP contribution in [0.5, 0.6) is 0 Å². The molecule has 0 aliphatic carbocycles. The average molecular weight is 258 g/mol. The summed E-state index contributed by atoms with van der Waals surface area (Å²) < 4.78 is 0.491. The largest absolute Gasteiger partial charge is 0.316 e. The summed E-state index contributed by atoms with van der Waals surface area (Å²) in [5, 5.41) is 3.52. The quantitative estimate of drug-likeness (QED) is 0.738. The molecule has 0 amide bonds. The monoisotopic (exact) mass is 258 g/mol. The van der Waals surface area contributed by atoms with Crippen LogP contribution in [-0.4, -0.2) is 48.1 Å². The molecular weight excluding hydrogens is 228 g/mol. The number of hydrogen-bond donors (Lipinski definition) is 1. The smallest absolute Gasteiger partial charge is 0.0116 e. The van der Waals surface area contributed by atoms with Gasteiger partial charge in [0.05, 0.1) is 0 Å². The molecule has 0 radical (unpaired) electrons. The molecule has 102 valence electrons. The van der Waals surface area contributed by atoms with Gasteiger partial charge in [0, 0.05) is 17.0 Å². The van der Waals surface area contributed by atoms with E-state index in [2.05, 4.69) is 49.7 Å². The molecule has 1 heterocycles. The predicted octanol–water partition coefficient (Wildman–Crippen LogP) is 2.84. The van der Waals surface area contributed by atoms with E-state index in [9.17, 15) is 0 Å². The van der Waals surface area contributed by atoms with Crippen molar-refractivity contribution in [2.45, 2.75) is 45.3 Å². The minimum Gasteiger partial charge on any atom is -0.316 e. The molecule has 0 aromatic heterocycles. The molecule has 1 saturated heterocycles. The van der Waals surface area contributed by atoms with E-state index in [1.165, 1.54) is 44.8 Å². The number of thioether (sulfide) groups is 1. The first-order chi connectivity index (χ1) is 7.99. The van der Waals surface area contributed by atoms with Crippen molar-refractivity contribution in [1.29, 1.82) is 0 Å². The molecule has 1 rings (SSSR count). The Bertz CT molecular complexity index is 204. The fourth-order valence-electron chi connectivity index (χ4n) is 2.10. The highest BCUT2D eigenvalue weighted by atomic mass is 32.2. The Morgan fingerprint density at radius 2 is 2.06 bits per heavy atom. The van der Waals surface area contributed by atoms with Crippen molar-refractivity contribution in [3.05, 3.63) is 0 Å². The van der Waals surface area contributed by atoms with Gasteiger partial charge in [0.2, 0.25) is 0 Å². The fraction of sp³-hybridized carbons (Fsp3) is 1.00. The van der Waals surface area contributed by atoms with Gasteiger partial charge in [-0.2, -0.15) is 11.8 Å². The summed E-state index contributed by atoms with van der Waals surface area (Å²) in [6.07, 6.45) is 2.62. The minimum absolute atomic E-state index is 0.491. The molecule has 3 heteroatoms. The van der Waals surface area contributed by atoms with Gasteiger partial charge in [-0.05, 0) is 44.9 Å². The summed E-state index contributed by atoms with van der Waals surface area (Å²) in [6, 6.07) is 0. The number of hydrogen-bond acceptors (Lipinski definition) is 3. The Morgan fingerprint density at radius 1 is 1.29 bits per heavy atom. The average Bonchev–Trinajstić information content (AvgIpc) is 2.39. The minimum atomic E-state index is 0.491. The Hall–Kier alpha value is 0.270. The summed E-state index contributed by atoms with van der Waals surface area (Å²) >= 11 is 2.14. The molecule has 1 fully saturated rings. The van der Waals surface area contributed by atoms with Gasteiger partial charge in [-0.3, -0.25) is 0 Å². The second-order valence-electron chi connectivity index (χ2n) is 6.15. The predicted molar refractivity (Wildman–Crippen MR) is 79.9 cm³/mol. The van der Waals surface area contributed by atoms with Crippen LogP contribution >= 0.6 is 11.8 Å². The van der Waals surface area contributed by atoms with Crippen LogP contribution in [0.1, 0.15) is 40.5 Å². The molecule has 1 N–H and O–H groups in total. The van der Waals surface area contributed by atoms with Crippen molar-refractivity contribution < 1.29 is 0 Å². The molecule has 1 aliphatic heterocycles. The van der Waals surface area contributed by atoms with Crippen molar-refractivity contribution >= 4 is 11.8 Å². The lowest BCUT2D eigenvalue weighted by Crippen LogP contribution is -2.31. The Morgan fingerprint density at radius 3 is 2.76 bits per heavy atom. The summed E-state index contributed by atoms with van der Waals surface area (Å²) in [4.78, 5) is 2.64. The van der Waals surface area contributed by atoms with E-state index < -0.39 is 0 Å². The third-order valence-electron chi connectivity index (χ3n) is 3.31. The molecular formula is C14H30N2S. The number of rotatable bonds is 6. The third-order valence-corrected chi connectivity index (χ3v) is 4.68. The molecule has 0 unspecified atom stereocenters. The van der Waals surface area contributed by atoms with E-state index in [4.69, 9.17) is 0 Å². The first kappa shape index (κ1) is 15.3. The molecule has 17 heavy (non-hydrogen) atoms. The molecule has 0 saturated carbocycles. The van der Waals surface area contributed by atoms with E-state index in [1.54, 1.807) is 0 Å².